The molecule has 126 valence electrons. The zero-order valence-electron chi connectivity index (χ0n) is 13.3. The first-order valence-corrected chi connectivity index (χ1v) is 8.84. The first kappa shape index (κ1) is 16.6. The topological polar surface area (TPSA) is 88.2 Å². The number of hydrogen-bond acceptors (Lipinski definition) is 6. The van der Waals surface area contributed by atoms with E-state index in [4.69, 9.17) is 0 Å². The molecule has 1 aliphatic carbocycles. The van der Waals surface area contributed by atoms with Gasteiger partial charge in [-0.1, -0.05) is 30.8 Å². The summed E-state index contributed by atoms with van der Waals surface area (Å²) < 4.78 is 0. The number of rotatable bonds is 4. The molecule has 1 heterocycles. The fraction of sp³-hybridized carbons (Fsp3) is 0.438. The van der Waals surface area contributed by atoms with Crippen molar-refractivity contribution in [2.45, 2.75) is 32.7 Å². The summed E-state index contributed by atoms with van der Waals surface area (Å²) in [5.74, 6) is 0.794. The van der Waals surface area contributed by atoms with E-state index < -0.39 is 4.92 Å². The molecule has 0 spiro atoms. The van der Waals surface area contributed by atoms with Crippen LogP contribution in [0.3, 0.4) is 0 Å². The summed E-state index contributed by atoms with van der Waals surface area (Å²) in [6.45, 7) is 2.50. The highest BCUT2D eigenvalue weighted by Gasteiger charge is 2.29. The molecule has 1 aromatic rings. The molecule has 1 aromatic carbocycles. The third-order valence-electron chi connectivity index (χ3n) is 4.25. The van der Waals surface area contributed by atoms with Crippen molar-refractivity contribution in [1.82, 2.24) is 4.90 Å². The van der Waals surface area contributed by atoms with Gasteiger partial charge in [0.2, 0.25) is 5.91 Å². The second kappa shape index (κ2) is 7.12. The molecule has 1 aliphatic heterocycles. The van der Waals surface area contributed by atoms with Crippen LogP contribution >= 0.6 is 11.8 Å². The lowest BCUT2D eigenvalue weighted by Crippen LogP contribution is -2.28. The van der Waals surface area contributed by atoms with E-state index in [1.165, 1.54) is 23.9 Å². The average Bonchev–Trinajstić information content (AvgIpc) is 3.13. The quantitative estimate of drug-likeness (QED) is 0.618. The number of amidine groups is 1. The Morgan fingerprint density at radius 2 is 2.08 bits per heavy atom. The Bertz CT molecular complexity index is 715. The normalized spacial score (nSPS) is 24.3. The maximum atomic E-state index is 12.1. The first-order valence-electron chi connectivity index (χ1n) is 7.85. The molecule has 1 amide bonds. The summed E-state index contributed by atoms with van der Waals surface area (Å²) >= 11 is 1.38. The molecule has 1 atom stereocenters. The van der Waals surface area contributed by atoms with Gasteiger partial charge in [0.1, 0.15) is 0 Å². The summed E-state index contributed by atoms with van der Waals surface area (Å²) in [6, 6.07) is 6.22. The third kappa shape index (κ3) is 3.64. The van der Waals surface area contributed by atoms with Crippen molar-refractivity contribution in [3.05, 3.63) is 39.9 Å². The molecule has 1 unspecified atom stereocenters. The number of carbonyl (C=O) groups is 1. The van der Waals surface area contributed by atoms with E-state index in [-0.39, 0.29) is 11.6 Å². The van der Waals surface area contributed by atoms with Gasteiger partial charge in [0.25, 0.3) is 5.69 Å². The van der Waals surface area contributed by atoms with Crippen LogP contribution in [0.15, 0.2) is 34.5 Å². The second-order valence-electron chi connectivity index (χ2n) is 5.96. The maximum absolute atomic E-state index is 12.1. The lowest BCUT2D eigenvalue weighted by molar-refractivity contribution is -0.384. The van der Waals surface area contributed by atoms with Gasteiger partial charge in [0, 0.05) is 17.8 Å². The van der Waals surface area contributed by atoms with Crippen LogP contribution in [0.5, 0.6) is 0 Å². The van der Waals surface area contributed by atoms with Crippen molar-refractivity contribution in [2.75, 3.05) is 5.75 Å². The second-order valence-corrected chi connectivity index (χ2v) is 6.90. The monoisotopic (exact) mass is 346 g/mol. The Morgan fingerprint density at radius 1 is 1.33 bits per heavy atom. The minimum Gasteiger partial charge on any atom is -0.285 e. The summed E-state index contributed by atoms with van der Waals surface area (Å²) in [6.07, 6.45) is 3.25. The lowest BCUT2D eigenvalue weighted by atomic mass is 10.1. The molecule has 24 heavy (non-hydrogen) atoms. The van der Waals surface area contributed by atoms with Gasteiger partial charge in [-0.15, -0.1) is 5.10 Å². The minimum absolute atomic E-state index is 0.0169. The van der Waals surface area contributed by atoms with Crippen molar-refractivity contribution < 1.29 is 9.72 Å². The van der Waals surface area contributed by atoms with E-state index in [9.17, 15) is 14.9 Å². The highest BCUT2D eigenvalue weighted by atomic mass is 32.2. The highest BCUT2D eigenvalue weighted by molar-refractivity contribution is 8.15. The van der Waals surface area contributed by atoms with Gasteiger partial charge in [0.05, 0.1) is 17.2 Å². The van der Waals surface area contributed by atoms with E-state index in [1.54, 1.807) is 17.0 Å². The van der Waals surface area contributed by atoms with E-state index in [0.717, 1.165) is 30.5 Å². The summed E-state index contributed by atoms with van der Waals surface area (Å²) in [5, 5.41) is 19.9. The van der Waals surface area contributed by atoms with Crippen LogP contribution in [0.1, 0.15) is 31.7 Å². The molecule has 8 heteroatoms. The fourth-order valence-electron chi connectivity index (χ4n) is 2.79. The summed E-state index contributed by atoms with van der Waals surface area (Å²) in [5.41, 5.74) is 1.96. The Morgan fingerprint density at radius 3 is 2.71 bits per heavy atom. The zero-order chi connectivity index (χ0) is 17.1. The van der Waals surface area contributed by atoms with Gasteiger partial charge < -0.3 is 0 Å². The van der Waals surface area contributed by atoms with Gasteiger partial charge in [-0.3, -0.25) is 19.8 Å². The predicted octanol–water partition coefficient (Wildman–Crippen LogP) is 3.20. The van der Waals surface area contributed by atoms with Gasteiger partial charge in [0.15, 0.2) is 5.17 Å². The van der Waals surface area contributed by atoms with Crippen LogP contribution in [-0.4, -0.2) is 32.4 Å². The van der Waals surface area contributed by atoms with Crippen LogP contribution < -0.4 is 0 Å². The predicted molar refractivity (Wildman–Crippen MR) is 94.0 cm³/mol. The Hall–Kier alpha value is -2.22. The van der Waals surface area contributed by atoms with Gasteiger partial charge in [-0.2, -0.15) is 5.10 Å². The van der Waals surface area contributed by atoms with Crippen LogP contribution in [0, 0.1) is 16.0 Å². The summed E-state index contributed by atoms with van der Waals surface area (Å²) in [4.78, 5) is 23.9. The van der Waals surface area contributed by atoms with E-state index >= 15 is 0 Å². The van der Waals surface area contributed by atoms with E-state index in [0.29, 0.717) is 23.4 Å². The number of nitrogens with zero attached hydrogens (tertiary/aromatic N) is 4. The molecule has 1 saturated carbocycles. The SMILES string of the molecule is CC1CCC/C1=N\N=C1/SCC(=O)N1Cc1ccc([N+](=O)[O-])cc1. The molecule has 2 fully saturated rings. The molecule has 2 aliphatic rings. The third-order valence-corrected chi connectivity index (χ3v) is 5.20. The van der Waals surface area contributed by atoms with Crippen molar-refractivity contribution >= 4 is 34.2 Å². The Balaban J connectivity index is 1.74. The smallest absolute Gasteiger partial charge is 0.269 e. The zero-order valence-corrected chi connectivity index (χ0v) is 14.2. The van der Waals surface area contributed by atoms with Crippen LogP contribution in [-0.2, 0) is 11.3 Å². The molecule has 1 saturated heterocycles. The Labute approximate surface area is 144 Å². The molecule has 0 N–H and O–H groups in total. The van der Waals surface area contributed by atoms with E-state index in [1.807, 2.05) is 0 Å². The molecular weight excluding hydrogens is 328 g/mol. The lowest BCUT2D eigenvalue weighted by Gasteiger charge is -2.15. The largest absolute Gasteiger partial charge is 0.285 e. The Kier molecular flexibility index (Phi) is 4.94. The van der Waals surface area contributed by atoms with E-state index in [2.05, 4.69) is 17.1 Å². The number of nitro benzene ring substituents is 1. The maximum Gasteiger partial charge on any atom is 0.269 e. The first-order chi connectivity index (χ1) is 11.5. The number of amides is 1. The molecule has 3 rings (SSSR count). The van der Waals surface area contributed by atoms with Crippen LogP contribution in [0.25, 0.3) is 0 Å². The van der Waals surface area contributed by atoms with Crippen molar-refractivity contribution in [3.8, 4) is 0 Å². The standard InChI is InChI=1S/C16H18N4O3S/c1-11-3-2-4-14(11)17-18-16-19(15(21)10-24-16)9-12-5-7-13(8-6-12)20(22)23/h5-8,11H,2-4,9-10H2,1H3/b17-14+,18-16-. The number of hydrogen-bond donors (Lipinski definition) is 0. The van der Waals surface area contributed by atoms with Gasteiger partial charge in [-0.25, -0.2) is 0 Å². The molecular formula is C16H18N4O3S. The number of benzene rings is 1. The van der Waals surface area contributed by atoms with Crippen molar-refractivity contribution in [3.63, 3.8) is 0 Å². The minimum atomic E-state index is -0.438. The molecule has 7 nitrogen and oxygen atoms in total. The van der Waals surface area contributed by atoms with Gasteiger partial charge in [-0.05, 0) is 30.7 Å². The molecule has 0 aromatic heterocycles. The number of carbonyl (C=O) groups excluding carboxylic acids is 1. The van der Waals surface area contributed by atoms with Crippen LogP contribution in [0.2, 0.25) is 0 Å². The van der Waals surface area contributed by atoms with Crippen molar-refractivity contribution in [2.24, 2.45) is 16.1 Å². The van der Waals surface area contributed by atoms with Crippen LogP contribution in [0.4, 0.5) is 5.69 Å². The molecule has 0 radical (unpaired) electrons. The number of non-ortho nitro benzene ring substituents is 1. The average molecular weight is 346 g/mol. The highest BCUT2D eigenvalue weighted by Crippen LogP contribution is 2.25. The fourth-order valence-corrected chi connectivity index (χ4v) is 3.62. The number of thioether (sulfide) groups is 1. The van der Waals surface area contributed by atoms with Gasteiger partial charge >= 0.3 is 0 Å². The number of nitro groups is 1. The summed E-state index contributed by atoms with van der Waals surface area (Å²) in [7, 11) is 0. The molecule has 0 bridgehead atoms. The van der Waals surface area contributed by atoms with Crippen molar-refractivity contribution in [1.29, 1.82) is 0 Å².